The normalized spacial score (nSPS) is 29.5. The Morgan fingerprint density at radius 2 is 0.700 bits per heavy atom. The monoisotopic (exact) mass is 700 g/mol. The molecule has 0 amide bonds. The van der Waals surface area contributed by atoms with Crippen LogP contribution in [0.1, 0.15) is 0 Å². The van der Waals surface area contributed by atoms with Crippen molar-refractivity contribution in [1.29, 1.82) is 0 Å². The Labute approximate surface area is 244 Å². The summed E-state index contributed by atoms with van der Waals surface area (Å²) in [6.07, 6.45) is -8.23. The van der Waals surface area contributed by atoms with Crippen LogP contribution in [0.2, 0.25) is 0 Å². The summed E-state index contributed by atoms with van der Waals surface area (Å²) in [5.74, 6) is -83.7. The summed E-state index contributed by atoms with van der Waals surface area (Å²) in [5.41, 5.74) is -9.71. The average Bonchev–Trinajstić information content (AvgIpc) is 2.68. The van der Waals surface area contributed by atoms with Gasteiger partial charge in [-0.05, 0) is 0 Å². The molecule has 1 aliphatic rings. The van der Waals surface area contributed by atoms with Crippen LogP contribution in [0.25, 0.3) is 0 Å². The molecule has 40 heavy (non-hydrogen) atoms. The average molecular weight is 700 g/mol. The largest absolute Gasteiger partial charge is 1.00 e. The van der Waals surface area contributed by atoms with Gasteiger partial charge in [0.05, 0.1) is 0 Å². The number of rotatable bonds is 6. The van der Waals surface area contributed by atoms with Crippen LogP contribution in [-0.4, -0.2) is 83.1 Å². The summed E-state index contributed by atoms with van der Waals surface area (Å²) >= 11 is 0. The van der Waals surface area contributed by atoms with Gasteiger partial charge < -0.3 is 4.55 Å². The molecule has 0 N–H and O–H groups in total. The minimum absolute atomic E-state index is 0. The molecule has 0 heterocycles. The van der Waals surface area contributed by atoms with Crippen LogP contribution in [0.4, 0.5) is 101 Å². The Morgan fingerprint density at radius 3 is 0.925 bits per heavy atom. The molecule has 28 heteroatoms. The van der Waals surface area contributed by atoms with Gasteiger partial charge >= 0.3 is 122 Å². The zero-order chi connectivity index (χ0) is 32.5. The van der Waals surface area contributed by atoms with E-state index >= 15 is 0 Å². The molecule has 0 aromatic rings. The molecular weight excluding hydrogens is 700 g/mol. The van der Waals surface area contributed by atoms with E-state index in [-0.39, 0.29) is 51.4 Å². The van der Waals surface area contributed by atoms with Gasteiger partial charge in [0.1, 0.15) is 10.1 Å². The standard InChI is InChI=1S/C12HF23O3S.K/c13-1(2(14,15)5(20,21)6(22,23)7(24,25)10(30,31)12(33,34)35)3(16,17)8(26,27)11(32,39(36,37)38)9(28,29)4(1,18)19;/h(H,36,37,38);/q;+1/p-1. The van der Waals surface area contributed by atoms with Crippen molar-refractivity contribution in [2.24, 2.45) is 0 Å². The van der Waals surface area contributed by atoms with Gasteiger partial charge in [-0.25, -0.2) is 17.2 Å². The van der Waals surface area contributed by atoms with Crippen molar-refractivity contribution in [2.75, 3.05) is 0 Å². The molecule has 0 atom stereocenters. The number of alkyl halides is 23. The predicted octanol–water partition coefficient (Wildman–Crippen LogP) is 3.20. The molecule has 0 unspecified atom stereocenters. The number of hydrogen-bond acceptors (Lipinski definition) is 3. The molecule has 3 nitrogen and oxygen atoms in total. The molecule has 1 saturated carbocycles. The first-order valence-corrected chi connectivity index (χ1v) is 9.46. The Hall–Kier alpha value is -0.0636. The summed E-state index contributed by atoms with van der Waals surface area (Å²) in [7, 11) is -8.87. The topological polar surface area (TPSA) is 57.2 Å². The van der Waals surface area contributed by atoms with Crippen molar-refractivity contribution in [3.05, 3.63) is 0 Å². The molecule has 0 radical (unpaired) electrons. The number of halogens is 23. The third-order valence-corrected chi connectivity index (χ3v) is 6.37. The second kappa shape index (κ2) is 9.23. The fourth-order valence-electron chi connectivity index (χ4n) is 2.93. The quantitative estimate of drug-likeness (QED) is 0.243. The van der Waals surface area contributed by atoms with E-state index < -0.39 is 80.3 Å². The molecule has 0 saturated heterocycles. The van der Waals surface area contributed by atoms with E-state index in [1.165, 1.54) is 0 Å². The minimum atomic E-state index is -9.84. The van der Waals surface area contributed by atoms with Crippen LogP contribution < -0.4 is 51.4 Å². The maximum absolute atomic E-state index is 14.4. The van der Waals surface area contributed by atoms with Crippen molar-refractivity contribution in [2.45, 2.75) is 70.1 Å². The van der Waals surface area contributed by atoms with Gasteiger partial charge in [0.15, 0.2) is 0 Å². The number of hydrogen-bond donors (Lipinski definition) is 0. The molecule has 0 aromatic heterocycles. The van der Waals surface area contributed by atoms with E-state index in [9.17, 15) is 114 Å². The van der Waals surface area contributed by atoms with Gasteiger partial charge in [-0.3, -0.25) is 0 Å². The van der Waals surface area contributed by atoms with E-state index in [4.69, 9.17) is 0 Å². The molecular formula is C12F23KO3S. The molecule has 0 bridgehead atoms. The van der Waals surface area contributed by atoms with Gasteiger partial charge in [-0.15, -0.1) is 0 Å². The first kappa shape index (κ1) is 39.9. The Kier molecular flexibility index (Phi) is 9.21. The van der Waals surface area contributed by atoms with Crippen molar-refractivity contribution in [1.82, 2.24) is 0 Å². The van der Waals surface area contributed by atoms with Crippen LogP contribution in [0.15, 0.2) is 0 Å². The zero-order valence-corrected chi connectivity index (χ0v) is 21.3. The van der Waals surface area contributed by atoms with E-state index in [0.29, 0.717) is 0 Å². The first-order valence-electron chi connectivity index (χ1n) is 8.05. The Bertz CT molecular complexity index is 1080. The van der Waals surface area contributed by atoms with Crippen LogP contribution in [0.3, 0.4) is 0 Å². The molecule has 1 fully saturated rings. The third kappa shape index (κ3) is 3.78. The van der Waals surface area contributed by atoms with Crippen molar-refractivity contribution in [3.8, 4) is 0 Å². The maximum Gasteiger partial charge on any atom is 1.00 e. The Morgan fingerprint density at radius 1 is 0.450 bits per heavy atom. The van der Waals surface area contributed by atoms with Gasteiger partial charge in [0, 0.05) is 0 Å². The fourth-order valence-corrected chi connectivity index (χ4v) is 3.81. The molecule has 1 rings (SSSR count). The van der Waals surface area contributed by atoms with Gasteiger partial charge in [-0.2, -0.15) is 92.2 Å². The molecule has 0 aliphatic heterocycles. The van der Waals surface area contributed by atoms with Crippen LogP contribution in [0.5, 0.6) is 0 Å². The van der Waals surface area contributed by atoms with Crippen molar-refractivity contribution in [3.63, 3.8) is 0 Å². The molecule has 1 aliphatic carbocycles. The maximum atomic E-state index is 14.4. The van der Waals surface area contributed by atoms with Crippen molar-refractivity contribution < 1.29 is 165 Å². The summed E-state index contributed by atoms with van der Waals surface area (Å²) in [5, 5.41) is -8.56. The molecule has 0 spiro atoms. The van der Waals surface area contributed by atoms with E-state index in [0.717, 1.165) is 0 Å². The SMILES string of the molecule is O=S(=O)([O-])C1(F)C(F)(F)C(F)(F)C(F)(C(F)(F)C(F)(F)C(F)(F)C(F)(F)C(F)(F)C(F)(F)F)C(F)(F)C1(F)F.[K+]. The fraction of sp³-hybridized carbons (Fsp3) is 1.00. The Balaban J connectivity index is 0.0000152. The van der Waals surface area contributed by atoms with Gasteiger partial charge in [0.2, 0.25) is 0 Å². The van der Waals surface area contributed by atoms with E-state index in [1.54, 1.807) is 0 Å². The van der Waals surface area contributed by atoms with Crippen molar-refractivity contribution >= 4 is 10.1 Å². The summed E-state index contributed by atoms with van der Waals surface area (Å²) < 4.78 is 340. The van der Waals surface area contributed by atoms with Gasteiger partial charge in [-0.1, -0.05) is 0 Å². The molecule has 234 valence electrons. The summed E-state index contributed by atoms with van der Waals surface area (Å²) in [6, 6.07) is 0. The van der Waals surface area contributed by atoms with Gasteiger partial charge in [0.25, 0.3) is 0 Å². The van der Waals surface area contributed by atoms with Crippen LogP contribution in [-0.2, 0) is 10.1 Å². The summed E-state index contributed by atoms with van der Waals surface area (Å²) in [6.45, 7) is 0. The zero-order valence-electron chi connectivity index (χ0n) is 17.3. The predicted molar refractivity (Wildman–Crippen MR) is 68.0 cm³/mol. The molecule has 0 aromatic carbocycles. The smallest absolute Gasteiger partial charge is 0.745 e. The second-order valence-corrected chi connectivity index (χ2v) is 8.85. The third-order valence-electron chi connectivity index (χ3n) is 5.17. The van der Waals surface area contributed by atoms with Crippen LogP contribution in [0, 0.1) is 0 Å². The van der Waals surface area contributed by atoms with E-state index in [2.05, 4.69) is 0 Å². The van der Waals surface area contributed by atoms with E-state index in [1.807, 2.05) is 0 Å². The summed E-state index contributed by atoms with van der Waals surface area (Å²) in [4.78, 5) is 0. The second-order valence-electron chi connectivity index (χ2n) is 7.38. The first-order chi connectivity index (χ1) is 16.2. The van der Waals surface area contributed by atoms with Crippen LogP contribution >= 0.6 is 0 Å². The minimum Gasteiger partial charge on any atom is -0.745 e.